The van der Waals surface area contributed by atoms with Crippen LogP contribution in [0.15, 0.2) is 18.2 Å². The Kier molecular flexibility index (Phi) is 4.92. The number of rotatable bonds is 6. The maximum atomic E-state index is 13.2. The molecule has 0 aliphatic heterocycles. The molecule has 0 spiro atoms. The van der Waals surface area contributed by atoms with E-state index in [1.54, 1.807) is 6.07 Å². The van der Waals surface area contributed by atoms with Gasteiger partial charge in [-0.3, -0.25) is 4.79 Å². The molecule has 6 heteroatoms. The molecule has 0 aliphatic rings. The third kappa shape index (κ3) is 3.26. The highest BCUT2D eigenvalue weighted by Crippen LogP contribution is 2.33. The third-order valence-electron chi connectivity index (χ3n) is 3.02. The van der Waals surface area contributed by atoms with E-state index in [9.17, 15) is 9.18 Å². The highest BCUT2D eigenvalue weighted by Gasteiger charge is 2.16. The molecule has 2 aromatic rings. The van der Waals surface area contributed by atoms with Crippen molar-refractivity contribution in [3.05, 3.63) is 28.9 Å². The van der Waals surface area contributed by atoms with Gasteiger partial charge in [0.15, 0.2) is 0 Å². The van der Waals surface area contributed by atoms with Crippen molar-refractivity contribution in [2.24, 2.45) is 0 Å². The summed E-state index contributed by atoms with van der Waals surface area (Å²) in [7, 11) is 0. The lowest BCUT2D eigenvalue weighted by Crippen LogP contribution is -2.24. The number of carbonyl (C=O) groups is 1. The van der Waals surface area contributed by atoms with Crippen LogP contribution < -0.4 is 11.1 Å². The fourth-order valence-electron chi connectivity index (χ4n) is 1.95. The minimum Gasteiger partial charge on any atom is -0.397 e. The van der Waals surface area contributed by atoms with Crippen molar-refractivity contribution in [2.45, 2.75) is 19.3 Å². The molecule has 0 fully saturated rings. The maximum absolute atomic E-state index is 13.2. The van der Waals surface area contributed by atoms with Crippen molar-refractivity contribution in [1.29, 1.82) is 0 Å². The van der Waals surface area contributed by atoms with Gasteiger partial charge in [-0.25, -0.2) is 4.39 Å². The topological polar surface area (TPSA) is 75.4 Å². The molecule has 4 N–H and O–H groups in total. The number of aliphatic hydroxyl groups excluding tert-OH is 1. The number of aliphatic hydroxyl groups is 1. The normalized spacial score (nSPS) is 10.9. The van der Waals surface area contributed by atoms with Gasteiger partial charge in [-0.15, -0.1) is 11.3 Å². The summed E-state index contributed by atoms with van der Waals surface area (Å²) in [6, 6.07) is 4.33. The molecule has 0 saturated heterocycles. The molecule has 1 aromatic heterocycles. The molecule has 0 aliphatic carbocycles. The Morgan fingerprint density at radius 1 is 1.35 bits per heavy atom. The summed E-state index contributed by atoms with van der Waals surface area (Å²) in [5.41, 5.74) is 6.24. The van der Waals surface area contributed by atoms with Crippen LogP contribution >= 0.6 is 11.3 Å². The smallest absolute Gasteiger partial charge is 0.263 e. The molecule has 0 unspecified atom stereocenters. The van der Waals surface area contributed by atoms with Gasteiger partial charge >= 0.3 is 0 Å². The lowest BCUT2D eigenvalue weighted by molar-refractivity contribution is 0.0957. The van der Waals surface area contributed by atoms with Gasteiger partial charge < -0.3 is 16.2 Å². The van der Waals surface area contributed by atoms with E-state index in [1.165, 1.54) is 23.5 Å². The first-order valence-electron chi connectivity index (χ1n) is 6.50. The van der Waals surface area contributed by atoms with Crippen molar-refractivity contribution >= 4 is 33.0 Å². The second-order valence-electron chi connectivity index (χ2n) is 4.53. The Labute approximate surface area is 120 Å². The van der Waals surface area contributed by atoms with Crippen LogP contribution in [-0.4, -0.2) is 24.2 Å². The fraction of sp³-hybridized carbons (Fsp3) is 0.357. The van der Waals surface area contributed by atoms with Crippen molar-refractivity contribution < 1.29 is 14.3 Å². The second-order valence-corrected chi connectivity index (χ2v) is 5.58. The van der Waals surface area contributed by atoms with Crippen molar-refractivity contribution in [3.63, 3.8) is 0 Å². The molecular weight excluding hydrogens is 279 g/mol. The van der Waals surface area contributed by atoms with Crippen LogP contribution in [0.3, 0.4) is 0 Å². The first kappa shape index (κ1) is 14.7. The van der Waals surface area contributed by atoms with Gasteiger partial charge in [0.1, 0.15) is 10.7 Å². The van der Waals surface area contributed by atoms with Gasteiger partial charge in [-0.1, -0.05) is 0 Å². The number of unbranched alkanes of at least 4 members (excludes halogenated alkanes) is 2. The van der Waals surface area contributed by atoms with Crippen LogP contribution in [0.2, 0.25) is 0 Å². The largest absolute Gasteiger partial charge is 0.397 e. The standard InChI is InChI=1S/C14H17FN2O2S/c15-9-4-5-11-10(8-9)12(16)13(20-11)14(19)17-6-2-1-3-7-18/h4-5,8,18H,1-3,6-7,16H2,(H,17,19). The Hall–Kier alpha value is -1.66. The van der Waals surface area contributed by atoms with Crippen LogP contribution in [0.1, 0.15) is 28.9 Å². The van der Waals surface area contributed by atoms with E-state index < -0.39 is 0 Å². The zero-order valence-electron chi connectivity index (χ0n) is 11.0. The summed E-state index contributed by atoms with van der Waals surface area (Å²) in [5, 5.41) is 12.0. The van der Waals surface area contributed by atoms with Crippen LogP contribution in [0, 0.1) is 5.82 Å². The molecule has 1 heterocycles. The van der Waals surface area contributed by atoms with E-state index in [-0.39, 0.29) is 18.3 Å². The number of fused-ring (bicyclic) bond motifs is 1. The number of nitrogens with two attached hydrogens (primary N) is 1. The molecule has 2 rings (SSSR count). The molecular formula is C14H17FN2O2S. The highest BCUT2D eigenvalue weighted by molar-refractivity contribution is 7.21. The fourth-order valence-corrected chi connectivity index (χ4v) is 2.97. The molecule has 0 radical (unpaired) electrons. The number of thiophene rings is 1. The predicted octanol–water partition coefficient (Wildman–Crippen LogP) is 2.52. The SMILES string of the molecule is Nc1c(C(=O)NCCCCCO)sc2ccc(F)cc12. The summed E-state index contributed by atoms with van der Waals surface area (Å²) < 4.78 is 14.0. The van der Waals surface area contributed by atoms with Gasteiger partial charge in [0.2, 0.25) is 0 Å². The Morgan fingerprint density at radius 2 is 2.15 bits per heavy atom. The van der Waals surface area contributed by atoms with E-state index in [1.807, 2.05) is 0 Å². The number of nitrogens with one attached hydrogen (secondary N) is 1. The van der Waals surface area contributed by atoms with E-state index in [0.29, 0.717) is 22.5 Å². The van der Waals surface area contributed by atoms with Crippen LogP contribution in [0.25, 0.3) is 10.1 Å². The number of amides is 1. The number of hydrogen-bond donors (Lipinski definition) is 3. The first-order valence-corrected chi connectivity index (χ1v) is 7.31. The van der Waals surface area contributed by atoms with Crippen LogP contribution in [-0.2, 0) is 0 Å². The van der Waals surface area contributed by atoms with Crippen molar-refractivity contribution in [2.75, 3.05) is 18.9 Å². The van der Waals surface area contributed by atoms with Crippen molar-refractivity contribution in [3.8, 4) is 0 Å². The highest BCUT2D eigenvalue weighted by atomic mass is 32.1. The minimum atomic E-state index is -0.363. The molecule has 20 heavy (non-hydrogen) atoms. The number of anilines is 1. The van der Waals surface area contributed by atoms with Crippen LogP contribution in [0.5, 0.6) is 0 Å². The Balaban J connectivity index is 2.05. The molecule has 4 nitrogen and oxygen atoms in total. The van der Waals surface area contributed by atoms with Crippen molar-refractivity contribution in [1.82, 2.24) is 5.32 Å². The summed E-state index contributed by atoms with van der Waals surface area (Å²) in [4.78, 5) is 12.5. The second kappa shape index (κ2) is 6.67. The Morgan fingerprint density at radius 3 is 2.90 bits per heavy atom. The van der Waals surface area contributed by atoms with Crippen LogP contribution in [0.4, 0.5) is 10.1 Å². The number of hydrogen-bond acceptors (Lipinski definition) is 4. The summed E-state index contributed by atoms with van der Waals surface area (Å²) in [6.45, 7) is 0.712. The summed E-state index contributed by atoms with van der Waals surface area (Å²) >= 11 is 1.27. The van der Waals surface area contributed by atoms with Gasteiger partial charge in [0.05, 0.1) is 5.69 Å². The number of halogens is 1. The number of nitrogen functional groups attached to an aromatic ring is 1. The molecule has 0 saturated carbocycles. The van der Waals surface area contributed by atoms with E-state index in [2.05, 4.69) is 5.32 Å². The molecule has 0 bridgehead atoms. The van der Waals surface area contributed by atoms with Gasteiger partial charge in [0.25, 0.3) is 5.91 Å². The third-order valence-corrected chi connectivity index (χ3v) is 4.20. The number of benzene rings is 1. The van der Waals surface area contributed by atoms with Gasteiger partial charge in [-0.2, -0.15) is 0 Å². The van der Waals surface area contributed by atoms with E-state index in [4.69, 9.17) is 10.8 Å². The minimum absolute atomic E-state index is 0.169. The lowest BCUT2D eigenvalue weighted by atomic mass is 10.2. The maximum Gasteiger partial charge on any atom is 0.263 e. The lowest BCUT2D eigenvalue weighted by Gasteiger charge is -2.03. The van der Waals surface area contributed by atoms with Gasteiger partial charge in [-0.05, 0) is 37.5 Å². The zero-order valence-corrected chi connectivity index (χ0v) is 11.8. The van der Waals surface area contributed by atoms with Gasteiger partial charge in [0, 0.05) is 23.2 Å². The van der Waals surface area contributed by atoms with E-state index in [0.717, 1.165) is 24.0 Å². The quantitative estimate of drug-likeness (QED) is 0.717. The summed E-state index contributed by atoms with van der Waals surface area (Å²) in [5.74, 6) is -0.592. The average molecular weight is 296 g/mol. The zero-order chi connectivity index (χ0) is 14.5. The predicted molar refractivity (Wildman–Crippen MR) is 79.5 cm³/mol. The summed E-state index contributed by atoms with van der Waals surface area (Å²) in [6.07, 6.45) is 2.41. The average Bonchev–Trinajstić information content (AvgIpc) is 2.76. The number of carbonyl (C=O) groups excluding carboxylic acids is 1. The monoisotopic (exact) mass is 296 g/mol. The molecule has 1 aromatic carbocycles. The molecule has 108 valence electrons. The van der Waals surface area contributed by atoms with E-state index >= 15 is 0 Å². The first-order chi connectivity index (χ1) is 9.63. The molecule has 0 atom stereocenters. The molecule has 1 amide bonds. The Bertz CT molecular complexity index is 612.